The molecule has 0 amide bonds. The van der Waals surface area contributed by atoms with E-state index in [0.29, 0.717) is 5.75 Å². The van der Waals surface area contributed by atoms with Crippen molar-refractivity contribution in [2.24, 2.45) is 0 Å². The molecule has 0 spiro atoms. The highest BCUT2D eigenvalue weighted by Gasteiger charge is 2.08. The second-order valence-electron chi connectivity index (χ2n) is 4.52. The molecule has 0 fully saturated rings. The summed E-state index contributed by atoms with van der Waals surface area (Å²) in [5.41, 5.74) is 3.38. The minimum Gasteiger partial charge on any atom is -0.478 e. The van der Waals surface area contributed by atoms with E-state index in [4.69, 9.17) is 9.84 Å². The molecule has 4 nitrogen and oxygen atoms in total. The Balaban J connectivity index is 2.36. The maximum absolute atomic E-state index is 10.9. The van der Waals surface area contributed by atoms with Gasteiger partial charge in [0.2, 0.25) is 0 Å². The summed E-state index contributed by atoms with van der Waals surface area (Å²) in [7, 11) is 0. The SMILES string of the molecule is Cc1cc(C)c(C)c(Oc2cncc(C(=O)O)c2)c1. The van der Waals surface area contributed by atoms with Crippen LogP contribution in [0, 0.1) is 20.8 Å². The standard InChI is InChI=1S/C15H15NO3/c1-9-4-10(2)11(3)14(5-9)19-13-6-12(15(17)18)7-16-8-13/h4-8H,1-3H3,(H,17,18). The summed E-state index contributed by atoms with van der Waals surface area (Å²) in [6, 6.07) is 5.47. The third kappa shape index (κ3) is 2.91. The van der Waals surface area contributed by atoms with Gasteiger partial charge in [-0.25, -0.2) is 4.79 Å². The van der Waals surface area contributed by atoms with Crippen LogP contribution in [0.2, 0.25) is 0 Å². The van der Waals surface area contributed by atoms with Crippen molar-refractivity contribution in [1.82, 2.24) is 4.98 Å². The van der Waals surface area contributed by atoms with Gasteiger partial charge >= 0.3 is 5.97 Å². The van der Waals surface area contributed by atoms with Crippen molar-refractivity contribution in [3.05, 3.63) is 52.8 Å². The van der Waals surface area contributed by atoms with Gasteiger partial charge in [0, 0.05) is 6.20 Å². The van der Waals surface area contributed by atoms with E-state index in [0.717, 1.165) is 22.4 Å². The van der Waals surface area contributed by atoms with Gasteiger partial charge in [-0.2, -0.15) is 0 Å². The lowest BCUT2D eigenvalue weighted by molar-refractivity contribution is 0.0696. The Hall–Kier alpha value is -2.36. The van der Waals surface area contributed by atoms with Gasteiger partial charge in [-0.05, 0) is 49.6 Å². The van der Waals surface area contributed by atoms with Crippen LogP contribution < -0.4 is 4.74 Å². The van der Waals surface area contributed by atoms with Gasteiger partial charge in [-0.3, -0.25) is 4.98 Å². The van der Waals surface area contributed by atoms with Crippen LogP contribution in [0.1, 0.15) is 27.0 Å². The smallest absolute Gasteiger partial charge is 0.337 e. The molecule has 2 aromatic rings. The lowest BCUT2D eigenvalue weighted by atomic mass is 10.1. The number of carboxylic acids is 1. The van der Waals surface area contributed by atoms with E-state index in [-0.39, 0.29) is 5.56 Å². The first-order valence-electron chi connectivity index (χ1n) is 5.91. The number of nitrogens with zero attached hydrogens (tertiary/aromatic N) is 1. The normalized spacial score (nSPS) is 10.3. The summed E-state index contributed by atoms with van der Waals surface area (Å²) in [4.78, 5) is 14.8. The Morgan fingerprint density at radius 3 is 2.58 bits per heavy atom. The molecule has 1 aromatic heterocycles. The van der Waals surface area contributed by atoms with Gasteiger partial charge < -0.3 is 9.84 Å². The van der Waals surface area contributed by atoms with E-state index < -0.39 is 5.97 Å². The fourth-order valence-corrected chi connectivity index (χ4v) is 1.83. The topological polar surface area (TPSA) is 59.4 Å². The molecule has 19 heavy (non-hydrogen) atoms. The molecular formula is C15H15NO3. The van der Waals surface area contributed by atoms with Crippen molar-refractivity contribution in [3.63, 3.8) is 0 Å². The van der Waals surface area contributed by atoms with Crippen LogP contribution >= 0.6 is 0 Å². The van der Waals surface area contributed by atoms with Crippen LogP contribution in [0.25, 0.3) is 0 Å². The number of rotatable bonds is 3. The summed E-state index contributed by atoms with van der Waals surface area (Å²) in [6.07, 6.45) is 2.80. The molecule has 0 bridgehead atoms. The predicted octanol–water partition coefficient (Wildman–Crippen LogP) is 3.50. The van der Waals surface area contributed by atoms with Crippen LogP contribution in [0.15, 0.2) is 30.6 Å². The molecular weight excluding hydrogens is 242 g/mol. The average Bonchev–Trinajstić information content (AvgIpc) is 2.35. The van der Waals surface area contributed by atoms with E-state index >= 15 is 0 Å². The van der Waals surface area contributed by atoms with Crippen molar-refractivity contribution >= 4 is 5.97 Å². The zero-order valence-corrected chi connectivity index (χ0v) is 11.1. The van der Waals surface area contributed by atoms with E-state index in [1.54, 1.807) is 0 Å². The summed E-state index contributed by atoms with van der Waals surface area (Å²) in [5.74, 6) is 0.130. The number of aromatic carboxylic acids is 1. The van der Waals surface area contributed by atoms with Crippen molar-refractivity contribution in [2.45, 2.75) is 20.8 Å². The van der Waals surface area contributed by atoms with E-state index in [9.17, 15) is 4.79 Å². The second-order valence-corrected chi connectivity index (χ2v) is 4.52. The number of hydrogen-bond donors (Lipinski definition) is 1. The Kier molecular flexibility index (Phi) is 3.51. The molecule has 98 valence electrons. The molecule has 0 radical (unpaired) electrons. The van der Waals surface area contributed by atoms with Gasteiger partial charge in [-0.1, -0.05) is 6.07 Å². The van der Waals surface area contributed by atoms with E-state index in [1.165, 1.54) is 18.5 Å². The van der Waals surface area contributed by atoms with Crippen LogP contribution in [-0.2, 0) is 0 Å². The highest BCUT2D eigenvalue weighted by molar-refractivity contribution is 5.87. The number of aryl methyl sites for hydroxylation is 2. The first-order valence-corrected chi connectivity index (χ1v) is 5.91. The molecule has 0 atom stereocenters. The first-order chi connectivity index (χ1) is 8.97. The molecule has 0 aliphatic carbocycles. The molecule has 1 aromatic carbocycles. The number of benzene rings is 1. The second kappa shape index (κ2) is 5.10. The van der Waals surface area contributed by atoms with Crippen molar-refractivity contribution in [3.8, 4) is 11.5 Å². The van der Waals surface area contributed by atoms with Crippen LogP contribution in [0.3, 0.4) is 0 Å². The molecule has 0 saturated carbocycles. The maximum Gasteiger partial charge on any atom is 0.337 e. The lowest BCUT2D eigenvalue weighted by Crippen LogP contribution is -1.98. The van der Waals surface area contributed by atoms with Crippen molar-refractivity contribution in [2.75, 3.05) is 0 Å². The quantitative estimate of drug-likeness (QED) is 0.914. The molecule has 2 rings (SSSR count). The monoisotopic (exact) mass is 257 g/mol. The summed E-state index contributed by atoms with van der Waals surface area (Å²) >= 11 is 0. The zero-order valence-electron chi connectivity index (χ0n) is 11.1. The predicted molar refractivity (Wildman–Crippen MR) is 71.9 cm³/mol. The Bertz CT molecular complexity index is 635. The molecule has 4 heteroatoms. The Morgan fingerprint density at radius 2 is 1.89 bits per heavy atom. The van der Waals surface area contributed by atoms with Gasteiger partial charge in [0.1, 0.15) is 11.5 Å². The van der Waals surface area contributed by atoms with Crippen molar-refractivity contribution in [1.29, 1.82) is 0 Å². The van der Waals surface area contributed by atoms with Gasteiger partial charge in [-0.15, -0.1) is 0 Å². The number of aromatic nitrogens is 1. The fourth-order valence-electron chi connectivity index (χ4n) is 1.83. The van der Waals surface area contributed by atoms with Crippen molar-refractivity contribution < 1.29 is 14.6 Å². The summed E-state index contributed by atoms with van der Waals surface area (Å²) in [5, 5.41) is 8.92. The fraction of sp³-hybridized carbons (Fsp3) is 0.200. The number of carboxylic acid groups (broad SMARTS) is 1. The number of pyridine rings is 1. The third-order valence-electron chi connectivity index (χ3n) is 2.95. The highest BCUT2D eigenvalue weighted by atomic mass is 16.5. The van der Waals surface area contributed by atoms with Crippen LogP contribution in [0.4, 0.5) is 0 Å². The van der Waals surface area contributed by atoms with Gasteiger partial charge in [0.25, 0.3) is 0 Å². The molecule has 0 unspecified atom stereocenters. The molecule has 1 heterocycles. The minimum atomic E-state index is -1.02. The number of ether oxygens (including phenoxy) is 1. The minimum absolute atomic E-state index is 0.111. The average molecular weight is 257 g/mol. The first kappa shape index (κ1) is 13.1. The van der Waals surface area contributed by atoms with E-state index in [1.807, 2.05) is 26.8 Å². The maximum atomic E-state index is 10.9. The molecule has 0 saturated heterocycles. The number of hydrogen-bond acceptors (Lipinski definition) is 3. The van der Waals surface area contributed by atoms with Crippen LogP contribution in [-0.4, -0.2) is 16.1 Å². The molecule has 0 aliphatic rings. The summed E-state index contributed by atoms with van der Waals surface area (Å²) < 4.78 is 5.74. The lowest BCUT2D eigenvalue weighted by Gasteiger charge is -2.12. The highest BCUT2D eigenvalue weighted by Crippen LogP contribution is 2.28. The third-order valence-corrected chi connectivity index (χ3v) is 2.95. The zero-order chi connectivity index (χ0) is 14.0. The molecule has 1 N–H and O–H groups in total. The Morgan fingerprint density at radius 1 is 1.16 bits per heavy atom. The summed E-state index contributed by atoms with van der Waals surface area (Å²) in [6.45, 7) is 5.98. The molecule has 0 aliphatic heterocycles. The van der Waals surface area contributed by atoms with E-state index in [2.05, 4.69) is 11.1 Å². The van der Waals surface area contributed by atoms with Gasteiger partial charge in [0.05, 0.1) is 11.8 Å². The van der Waals surface area contributed by atoms with Gasteiger partial charge in [0.15, 0.2) is 0 Å². The van der Waals surface area contributed by atoms with Crippen LogP contribution in [0.5, 0.6) is 11.5 Å². The number of carbonyl (C=O) groups is 1. The largest absolute Gasteiger partial charge is 0.478 e. The Labute approximate surface area is 111 Å².